The lowest BCUT2D eigenvalue weighted by Crippen LogP contribution is -2.37. The van der Waals surface area contributed by atoms with Gasteiger partial charge in [0.05, 0.1) is 6.54 Å². The Morgan fingerprint density at radius 2 is 1.91 bits per heavy atom. The van der Waals surface area contributed by atoms with Crippen LogP contribution in [0.25, 0.3) is 0 Å². The van der Waals surface area contributed by atoms with Crippen molar-refractivity contribution in [3.63, 3.8) is 0 Å². The highest BCUT2D eigenvalue weighted by Crippen LogP contribution is 2.19. The molecule has 2 aliphatic rings. The summed E-state index contributed by atoms with van der Waals surface area (Å²) in [6.07, 6.45) is 2.66. The number of rotatable bonds is 4. The van der Waals surface area contributed by atoms with Gasteiger partial charge in [-0.25, -0.2) is 0 Å². The molecule has 22 heavy (non-hydrogen) atoms. The third-order valence-electron chi connectivity index (χ3n) is 4.74. The minimum absolute atomic E-state index is 0.452. The van der Waals surface area contributed by atoms with E-state index in [0.717, 1.165) is 31.5 Å². The van der Waals surface area contributed by atoms with E-state index in [1.807, 2.05) is 0 Å². The predicted molar refractivity (Wildman–Crippen MR) is 91.9 cm³/mol. The summed E-state index contributed by atoms with van der Waals surface area (Å²) in [4.78, 5) is 7.06. The number of nitrogens with one attached hydrogen (secondary N) is 2. The van der Waals surface area contributed by atoms with Crippen molar-refractivity contribution in [1.29, 1.82) is 0 Å². The van der Waals surface area contributed by atoms with Crippen molar-refractivity contribution in [2.45, 2.75) is 45.8 Å². The van der Waals surface area contributed by atoms with E-state index in [0.29, 0.717) is 6.04 Å². The molecule has 0 aromatic heterocycles. The smallest absolute Gasteiger partial charge is 0.191 e. The van der Waals surface area contributed by atoms with Gasteiger partial charge in [0.2, 0.25) is 0 Å². The summed E-state index contributed by atoms with van der Waals surface area (Å²) in [6.45, 7) is 9.77. The number of benzene rings is 1. The molecule has 2 aliphatic heterocycles. The van der Waals surface area contributed by atoms with Crippen LogP contribution < -0.4 is 10.6 Å². The molecular weight excluding hydrogens is 272 g/mol. The van der Waals surface area contributed by atoms with E-state index in [2.05, 4.69) is 58.6 Å². The van der Waals surface area contributed by atoms with E-state index in [9.17, 15) is 0 Å². The molecule has 1 saturated heterocycles. The minimum Gasteiger partial charge on any atom is -0.352 e. The molecule has 0 radical (unpaired) electrons. The van der Waals surface area contributed by atoms with E-state index < -0.39 is 0 Å². The van der Waals surface area contributed by atoms with Gasteiger partial charge in [-0.3, -0.25) is 9.89 Å². The van der Waals surface area contributed by atoms with Gasteiger partial charge in [0.1, 0.15) is 0 Å². The van der Waals surface area contributed by atoms with Crippen LogP contribution in [0.5, 0.6) is 0 Å². The zero-order chi connectivity index (χ0) is 15.4. The molecular formula is C18H28N4. The molecule has 120 valence electrons. The molecule has 1 unspecified atom stereocenters. The third-order valence-corrected chi connectivity index (χ3v) is 4.74. The summed E-state index contributed by atoms with van der Waals surface area (Å²) in [5.41, 5.74) is 2.82. The molecule has 0 spiro atoms. The van der Waals surface area contributed by atoms with Gasteiger partial charge in [-0.15, -0.1) is 0 Å². The fraction of sp³-hybridized carbons (Fsp3) is 0.611. The van der Waals surface area contributed by atoms with Crippen LogP contribution in [0.4, 0.5) is 0 Å². The summed E-state index contributed by atoms with van der Waals surface area (Å²) in [7, 11) is 0. The Morgan fingerprint density at radius 1 is 1.18 bits per heavy atom. The zero-order valence-corrected chi connectivity index (χ0v) is 13.8. The van der Waals surface area contributed by atoms with Gasteiger partial charge in [0, 0.05) is 19.1 Å². The monoisotopic (exact) mass is 300 g/mol. The molecule has 0 amide bonds. The van der Waals surface area contributed by atoms with Crippen molar-refractivity contribution in [2.75, 3.05) is 19.6 Å². The maximum atomic E-state index is 4.47. The molecule has 1 aromatic rings. The van der Waals surface area contributed by atoms with Gasteiger partial charge in [-0.05, 0) is 49.9 Å². The number of hydrogen-bond acceptors (Lipinski definition) is 4. The van der Waals surface area contributed by atoms with Gasteiger partial charge < -0.3 is 10.6 Å². The van der Waals surface area contributed by atoms with Crippen molar-refractivity contribution in [3.05, 3.63) is 35.4 Å². The Hall–Kier alpha value is -1.55. The molecule has 1 atom stereocenters. The second-order valence-corrected chi connectivity index (χ2v) is 6.82. The SMILES string of the molecule is CC1CCN(Cc2ccccc2CNC2=NCC(C)N2)CC1. The lowest BCUT2D eigenvalue weighted by atomic mass is 9.98. The first-order valence-electron chi connectivity index (χ1n) is 8.54. The average Bonchev–Trinajstić information content (AvgIpc) is 2.94. The Bertz CT molecular complexity index is 518. The molecule has 2 heterocycles. The van der Waals surface area contributed by atoms with Crippen molar-refractivity contribution >= 4 is 5.96 Å². The lowest BCUT2D eigenvalue weighted by Gasteiger charge is -2.30. The number of piperidine rings is 1. The van der Waals surface area contributed by atoms with Crippen LogP contribution in [0, 0.1) is 5.92 Å². The van der Waals surface area contributed by atoms with Gasteiger partial charge in [-0.1, -0.05) is 31.2 Å². The molecule has 0 aliphatic carbocycles. The quantitative estimate of drug-likeness (QED) is 0.897. The van der Waals surface area contributed by atoms with E-state index in [4.69, 9.17) is 0 Å². The maximum Gasteiger partial charge on any atom is 0.191 e. The van der Waals surface area contributed by atoms with Gasteiger partial charge in [0.25, 0.3) is 0 Å². The van der Waals surface area contributed by atoms with E-state index in [-0.39, 0.29) is 0 Å². The van der Waals surface area contributed by atoms with Crippen LogP contribution in [0.15, 0.2) is 29.3 Å². The predicted octanol–water partition coefficient (Wildman–Crippen LogP) is 2.36. The van der Waals surface area contributed by atoms with Crippen molar-refractivity contribution < 1.29 is 0 Å². The van der Waals surface area contributed by atoms with Crippen LogP contribution in [-0.2, 0) is 13.1 Å². The third kappa shape index (κ3) is 4.01. The Labute approximate surface area is 134 Å². The molecule has 2 N–H and O–H groups in total. The zero-order valence-electron chi connectivity index (χ0n) is 13.8. The summed E-state index contributed by atoms with van der Waals surface area (Å²) in [5, 5.41) is 6.79. The van der Waals surface area contributed by atoms with Gasteiger partial charge >= 0.3 is 0 Å². The summed E-state index contributed by atoms with van der Waals surface area (Å²) in [6, 6.07) is 9.23. The van der Waals surface area contributed by atoms with Crippen LogP contribution in [0.2, 0.25) is 0 Å². The topological polar surface area (TPSA) is 39.7 Å². The first-order valence-corrected chi connectivity index (χ1v) is 8.54. The normalized spacial score (nSPS) is 23.2. The molecule has 3 rings (SSSR count). The van der Waals surface area contributed by atoms with Gasteiger partial charge in [0.15, 0.2) is 5.96 Å². The highest BCUT2D eigenvalue weighted by Gasteiger charge is 2.17. The standard InChI is InChI=1S/C18H28N4/c1-14-7-9-22(10-8-14)13-17-6-4-3-5-16(17)12-20-18-19-11-15(2)21-18/h3-6,14-15H,7-13H2,1-2H3,(H2,19,20,21). The van der Waals surface area contributed by atoms with E-state index in [1.165, 1.54) is 37.1 Å². The summed E-state index contributed by atoms with van der Waals surface area (Å²) < 4.78 is 0. The molecule has 0 saturated carbocycles. The number of guanidine groups is 1. The number of hydrogen-bond donors (Lipinski definition) is 2. The van der Waals surface area contributed by atoms with E-state index in [1.54, 1.807) is 0 Å². The number of aliphatic imine (C=N–C) groups is 1. The van der Waals surface area contributed by atoms with Crippen LogP contribution in [-0.4, -0.2) is 36.5 Å². The van der Waals surface area contributed by atoms with E-state index >= 15 is 0 Å². The largest absolute Gasteiger partial charge is 0.352 e. The Balaban J connectivity index is 1.58. The fourth-order valence-electron chi connectivity index (χ4n) is 3.18. The second kappa shape index (κ2) is 7.14. The number of likely N-dealkylation sites (tertiary alicyclic amines) is 1. The Morgan fingerprint density at radius 3 is 2.59 bits per heavy atom. The van der Waals surface area contributed by atoms with Crippen molar-refractivity contribution in [2.24, 2.45) is 10.9 Å². The minimum atomic E-state index is 0.452. The first kappa shape index (κ1) is 15.3. The van der Waals surface area contributed by atoms with Crippen LogP contribution >= 0.6 is 0 Å². The first-order chi connectivity index (χ1) is 10.7. The van der Waals surface area contributed by atoms with Crippen molar-refractivity contribution in [1.82, 2.24) is 15.5 Å². The second-order valence-electron chi connectivity index (χ2n) is 6.82. The number of nitrogens with zero attached hydrogens (tertiary/aromatic N) is 2. The fourth-order valence-corrected chi connectivity index (χ4v) is 3.18. The lowest BCUT2D eigenvalue weighted by molar-refractivity contribution is 0.185. The van der Waals surface area contributed by atoms with Gasteiger partial charge in [-0.2, -0.15) is 0 Å². The van der Waals surface area contributed by atoms with Crippen molar-refractivity contribution in [3.8, 4) is 0 Å². The molecule has 1 aromatic carbocycles. The van der Waals surface area contributed by atoms with Crippen LogP contribution in [0.3, 0.4) is 0 Å². The summed E-state index contributed by atoms with van der Waals surface area (Å²) in [5.74, 6) is 1.83. The van der Waals surface area contributed by atoms with Crippen LogP contribution in [0.1, 0.15) is 37.8 Å². The summed E-state index contributed by atoms with van der Waals surface area (Å²) >= 11 is 0. The molecule has 0 bridgehead atoms. The highest BCUT2D eigenvalue weighted by atomic mass is 15.2. The molecule has 4 nitrogen and oxygen atoms in total. The highest BCUT2D eigenvalue weighted by molar-refractivity contribution is 5.81. The molecule has 1 fully saturated rings. The average molecular weight is 300 g/mol. The maximum absolute atomic E-state index is 4.47. The molecule has 4 heteroatoms. The Kier molecular flexibility index (Phi) is 4.98.